The quantitative estimate of drug-likeness (QED) is 0.404. The fourth-order valence-corrected chi connectivity index (χ4v) is 2.29. The summed E-state index contributed by atoms with van der Waals surface area (Å²) in [5.41, 5.74) is 1.25. The fraction of sp³-hybridized carbons (Fsp3) is 0.188. The Labute approximate surface area is 154 Å². The first-order valence-corrected chi connectivity index (χ1v) is 8.04. The monoisotopic (exact) mass is 382 g/mol. The largest absolute Gasteiger partial charge is 0.465 e. The van der Waals surface area contributed by atoms with Crippen molar-refractivity contribution in [3.05, 3.63) is 52.3 Å². The molecule has 1 aromatic carbocycles. The van der Waals surface area contributed by atoms with Crippen LogP contribution in [0.25, 0.3) is 0 Å². The molecule has 3 N–H and O–H groups in total. The van der Waals surface area contributed by atoms with Crippen molar-refractivity contribution in [1.29, 1.82) is 0 Å². The fourth-order valence-electron chi connectivity index (χ4n) is 1.95. The molecule has 2 aromatic rings. The van der Waals surface area contributed by atoms with Crippen LogP contribution in [0, 0.1) is 0 Å². The van der Waals surface area contributed by atoms with Gasteiger partial charge in [-0.2, -0.15) is 0 Å². The number of carbonyl (C=O) groups excluding carboxylic acids is 2. The first-order valence-electron chi connectivity index (χ1n) is 7.28. The Bertz CT molecular complexity index is 771. The molecule has 2 rings (SSSR count). The molecule has 0 spiro atoms. The molecule has 7 nitrogen and oxygen atoms in total. The number of nitrogens with one attached hydrogen (secondary N) is 3. The van der Waals surface area contributed by atoms with E-state index in [0.29, 0.717) is 29.5 Å². The lowest BCUT2D eigenvalue weighted by Gasteiger charge is -2.12. The molecule has 1 heterocycles. The zero-order valence-corrected chi connectivity index (χ0v) is 14.8. The third-order valence-electron chi connectivity index (χ3n) is 3.12. The van der Waals surface area contributed by atoms with Crippen LogP contribution in [-0.4, -0.2) is 37.2 Å². The zero-order chi connectivity index (χ0) is 18.2. The highest BCUT2D eigenvalue weighted by Crippen LogP contribution is 2.20. The van der Waals surface area contributed by atoms with Crippen molar-refractivity contribution in [2.24, 2.45) is 0 Å². The number of carbonyl (C=O) groups is 2. The lowest BCUT2D eigenvalue weighted by atomic mass is 10.2. The van der Waals surface area contributed by atoms with Gasteiger partial charge >= 0.3 is 12.0 Å². The number of methoxy groups -OCH3 is 1. The van der Waals surface area contributed by atoms with E-state index in [9.17, 15) is 9.59 Å². The van der Waals surface area contributed by atoms with Crippen LogP contribution in [0.15, 0.2) is 36.5 Å². The average Bonchev–Trinajstić information content (AvgIpc) is 2.60. The maximum Gasteiger partial charge on any atom is 0.341 e. The molecule has 0 aliphatic carbocycles. The van der Waals surface area contributed by atoms with Crippen molar-refractivity contribution in [2.45, 2.75) is 0 Å². The number of amides is 2. The van der Waals surface area contributed by atoms with E-state index in [1.54, 1.807) is 24.3 Å². The zero-order valence-electron chi connectivity index (χ0n) is 13.3. The van der Waals surface area contributed by atoms with Crippen LogP contribution in [0.5, 0.6) is 0 Å². The Kier molecular flexibility index (Phi) is 6.85. The summed E-state index contributed by atoms with van der Waals surface area (Å²) in [5, 5.41) is 9.00. The summed E-state index contributed by atoms with van der Waals surface area (Å²) in [6, 6.07) is 8.04. The van der Waals surface area contributed by atoms with Gasteiger partial charge in [0.05, 0.1) is 23.5 Å². The van der Waals surface area contributed by atoms with E-state index in [1.807, 2.05) is 0 Å². The topological polar surface area (TPSA) is 92.3 Å². The lowest BCUT2D eigenvalue weighted by Crippen LogP contribution is -2.32. The number of para-hydroxylation sites is 1. The number of esters is 1. The van der Waals surface area contributed by atoms with Gasteiger partial charge in [0.25, 0.3) is 0 Å². The van der Waals surface area contributed by atoms with Crippen molar-refractivity contribution in [3.63, 3.8) is 0 Å². The predicted octanol–water partition coefficient (Wildman–Crippen LogP) is 3.41. The summed E-state index contributed by atoms with van der Waals surface area (Å²) >= 11 is 11.8. The number of nitrogens with zero attached hydrogens (tertiary/aromatic N) is 1. The number of halogens is 2. The van der Waals surface area contributed by atoms with Gasteiger partial charge in [0.1, 0.15) is 10.7 Å². The average molecular weight is 383 g/mol. The molecular weight excluding hydrogens is 367 g/mol. The van der Waals surface area contributed by atoms with E-state index < -0.39 is 12.0 Å². The van der Waals surface area contributed by atoms with Crippen LogP contribution >= 0.6 is 23.2 Å². The molecule has 132 valence electrons. The van der Waals surface area contributed by atoms with Gasteiger partial charge in [-0.1, -0.05) is 35.3 Å². The SMILES string of the molecule is COC(=O)c1cnc(Cl)cc1NCCNC(=O)Nc1ccccc1Cl. The summed E-state index contributed by atoms with van der Waals surface area (Å²) in [6.45, 7) is 0.664. The first-order chi connectivity index (χ1) is 12.0. The van der Waals surface area contributed by atoms with Crippen LogP contribution in [0.3, 0.4) is 0 Å². The van der Waals surface area contributed by atoms with E-state index in [1.165, 1.54) is 19.4 Å². The number of hydrogen-bond donors (Lipinski definition) is 3. The van der Waals surface area contributed by atoms with E-state index in [4.69, 9.17) is 23.2 Å². The Morgan fingerprint density at radius 1 is 1.16 bits per heavy atom. The molecule has 0 saturated carbocycles. The number of benzene rings is 1. The van der Waals surface area contributed by atoms with Crippen molar-refractivity contribution in [3.8, 4) is 0 Å². The van der Waals surface area contributed by atoms with Gasteiger partial charge in [-0.25, -0.2) is 14.6 Å². The van der Waals surface area contributed by atoms with Crippen molar-refractivity contribution >= 4 is 46.6 Å². The number of aromatic nitrogens is 1. The molecular formula is C16H16Cl2N4O3. The number of rotatable bonds is 6. The van der Waals surface area contributed by atoms with E-state index in [-0.39, 0.29) is 10.7 Å². The highest BCUT2D eigenvalue weighted by molar-refractivity contribution is 6.33. The molecule has 25 heavy (non-hydrogen) atoms. The lowest BCUT2D eigenvalue weighted by molar-refractivity contribution is 0.0601. The van der Waals surface area contributed by atoms with Gasteiger partial charge in [0.15, 0.2) is 0 Å². The number of ether oxygens (including phenoxy) is 1. The normalized spacial score (nSPS) is 10.0. The molecule has 0 atom stereocenters. The van der Waals surface area contributed by atoms with Gasteiger partial charge in [-0.15, -0.1) is 0 Å². The van der Waals surface area contributed by atoms with Gasteiger partial charge < -0.3 is 20.7 Å². The second kappa shape index (κ2) is 9.10. The number of anilines is 2. The van der Waals surface area contributed by atoms with E-state index in [0.717, 1.165) is 0 Å². The summed E-state index contributed by atoms with van der Waals surface area (Å²) in [6.07, 6.45) is 1.33. The maximum atomic E-state index is 11.8. The summed E-state index contributed by atoms with van der Waals surface area (Å²) in [7, 11) is 1.28. The second-order valence-corrected chi connectivity index (χ2v) is 5.63. The van der Waals surface area contributed by atoms with Crippen LogP contribution < -0.4 is 16.0 Å². The molecule has 2 amide bonds. The first kappa shape index (κ1) is 18.8. The van der Waals surface area contributed by atoms with Crippen LogP contribution in [0.2, 0.25) is 10.2 Å². The summed E-state index contributed by atoms with van der Waals surface area (Å²) < 4.78 is 4.68. The summed E-state index contributed by atoms with van der Waals surface area (Å²) in [5.74, 6) is -0.531. The minimum atomic E-state index is -0.531. The molecule has 0 unspecified atom stereocenters. The Balaban J connectivity index is 1.85. The van der Waals surface area contributed by atoms with Gasteiger partial charge in [-0.3, -0.25) is 0 Å². The molecule has 0 fully saturated rings. The molecule has 0 aliphatic heterocycles. The van der Waals surface area contributed by atoms with Crippen LogP contribution in [0.4, 0.5) is 16.2 Å². The van der Waals surface area contributed by atoms with Gasteiger partial charge in [-0.05, 0) is 18.2 Å². The molecule has 0 saturated heterocycles. The van der Waals surface area contributed by atoms with E-state index in [2.05, 4.69) is 25.7 Å². The molecule has 0 aliphatic rings. The summed E-state index contributed by atoms with van der Waals surface area (Å²) in [4.78, 5) is 27.4. The highest BCUT2D eigenvalue weighted by Gasteiger charge is 2.13. The minimum Gasteiger partial charge on any atom is -0.465 e. The van der Waals surface area contributed by atoms with Crippen molar-refractivity contribution in [2.75, 3.05) is 30.8 Å². The van der Waals surface area contributed by atoms with Crippen LogP contribution in [0.1, 0.15) is 10.4 Å². The number of hydrogen-bond acceptors (Lipinski definition) is 5. The standard InChI is InChI=1S/C16H16Cl2N4O3/c1-25-15(23)10-9-21-14(18)8-13(10)19-6-7-20-16(24)22-12-5-3-2-4-11(12)17/h2-5,8-9H,6-7H2,1H3,(H,19,21)(H2,20,22,24). The smallest absolute Gasteiger partial charge is 0.341 e. The number of urea groups is 1. The van der Waals surface area contributed by atoms with Crippen molar-refractivity contribution in [1.82, 2.24) is 10.3 Å². The molecule has 9 heteroatoms. The van der Waals surface area contributed by atoms with Gasteiger partial charge in [0, 0.05) is 19.3 Å². The minimum absolute atomic E-state index is 0.236. The van der Waals surface area contributed by atoms with Crippen molar-refractivity contribution < 1.29 is 14.3 Å². The maximum absolute atomic E-state index is 11.8. The van der Waals surface area contributed by atoms with Crippen LogP contribution in [-0.2, 0) is 4.74 Å². The molecule has 0 bridgehead atoms. The Morgan fingerprint density at radius 2 is 1.92 bits per heavy atom. The Morgan fingerprint density at radius 3 is 2.64 bits per heavy atom. The predicted molar refractivity (Wildman–Crippen MR) is 97.5 cm³/mol. The molecule has 1 aromatic heterocycles. The van der Waals surface area contributed by atoms with E-state index >= 15 is 0 Å². The third kappa shape index (κ3) is 5.51. The molecule has 0 radical (unpaired) electrons. The Hall–Kier alpha value is -2.51. The number of pyridine rings is 1. The van der Waals surface area contributed by atoms with Gasteiger partial charge in [0.2, 0.25) is 0 Å². The second-order valence-electron chi connectivity index (χ2n) is 4.83. The highest BCUT2D eigenvalue weighted by atomic mass is 35.5. The third-order valence-corrected chi connectivity index (χ3v) is 3.66.